The molecule has 0 aliphatic heterocycles. The second-order valence-corrected chi connectivity index (χ2v) is 8.92. The fourth-order valence-corrected chi connectivity index (χ4v) is 4.64. The Morgan fingerprint density at radius 3 is 2.50 bits per heavy atom. The molecule has 0 fully saturated rings. The van der Waals surface area contributed by atoms with E-state index in [-0.39, 0.29) is 12.3 Å². The third kappa shape index (κ3) is 4.69. The molecule has 4 aromatic carbocycles. The maximum atomic E-state index is 12.6. The zero-order valence-corrected chi connectivity index (χ0v) is 19.7. The quantitative estimate of drug-likeness (QED) is 0.207. The van der Waals surface area contributed by atoms with Gasteiger partial charge in [0.1, 0.15) is 0 Å². The van der Waals surface area contributed by atoms with Crippen molar-refractivity contribution in [3.05, 3.63) is 118 Å². The Balaban J connectivity index is 1.34. The summed E-state index contributed by atoms with van der Waals surface area (Å²) in [5.41, 5.74) is 6.58. The van der Waals surface area contributed by atoms with Crippen molar-refractivity contribution >= 4 is 57.0 Å². The summed E-state index contributed by atoms with van der Waals surface area (Å²) in [4.78, 5) is 12.6. The SMILES string of the molecule is O=C(Cc1cccc2ccccc12)NN=Cc1cn(Cc2ccc(Cl)cc2Cl)c2ccccc12. The molecule has 0 bridgehead atoms. The number of para-hydroxylation sites is 1. The minimum absolute atomic E-state index is 0.163. The fourth-order valence-electron chi connectivity index (χ4n) is 4.18. The van der Waals surface area contributed by atoms with Crippen LogP contribution in [-0.2, 0) is 17.8 Å². The molecule has 1 aromatic heterocycles. The number of halogens is 2. The van der Waals surface area contributed by atoms with E-state index < -0.39 is 0 Å². The van der Waals surface area contributed by atoms with E-state index in [1.807, 2.05) is 79.0 Å². The molecule has 1 amide bonds. The Morgan fingerprint density at radius 1 is 0.882 bits per heavy atom. The molecule has 4 nitrogen and oxygen atoms in total. The second-order valence-electron chi connectivity index (χ2n) is 8.07. The number of aromatic nitrogens is 1. The normalized spacial score (nSPS) is 11.5. The van der Waals surface area contributed by atoms with Crippen molar-refractivity contribution in [3.8, 4) is 0 Å². The number of amides is 1. The van der Waals surface area contributed by atoms with Gasteiger partial charge < -0.3 is 4.57 Å². The Morgan fingerprint density at radius 2 is 1.65 bits per heavy atom. The van der Waals surface area contributed by atoms with Gasteiger partial charge in [-0.2, -0.15) is 5.10 Å². The molecule has 1 N–H and O–H groups in total. The van der Waals surface area contributed by atoms with Gasteiger partial charge in [-0.05, 0) is 40.1 Å². The van der Waals surface area contributed by atoms with E-state index in [0.717, 1.165) is 38.4 Å². The maximum Gasteiger partial charge on any atom is 0.244 e. The first-order valence-electron chi connectivity index (χ1n) is 10.9. The highest BCUT2D eigenvalue weighted by Crippen LogP contribution is 2.26. The zero-order valence-electron chi connectivity index (χ0n) is 18.2. The third-order valence-corrected chi connectivity index (χ3v) is 6.39. The lowest BCUT2D eigenvalue weighted by atomic mass is 10.0. The monoisotopic (exact) mass is 485 g/mol. The molecule has 0 spiro atoms. The molecule has 5 rings (SSSR count). The lowest BCUT2D eigenvalue weighted by Gasteiger charge is -2.08. The highest BCUT2D eigenvalue weighted by atomic mass is 35.5. The summed E-state index contributed by atoms with van der Waals surface area (Å²) >= 11 is 12.4. The van der Waals surface area contributed by atoms with Crippen molar-refractivity contribution < 1.29 is 4.79 Å². The van der Waals surface area contributed by atoms with Gasteiger partial charge >= 0.3 is 0 Å². The highest BCUT2D eigenvalue weighted by Gasteiger charge is 2.10. The fraction of sp³-hybridized carbons (Fsp3) is 0.0714. The van der Waals surface area contributed by atoms with E-state index in [0.29, 0.717) is 16.6 Å². The summed E-state index contributed by atoms with van der Waals surface area (Å²) in [7, 11) is 0. The van der Waals surface area contributed by atoms with Crippen LogP contribution in [0.25, 0.3) is 21.7 Å². The molecule has 0 saturated heterocycles. The number of hydrogen-bond acceptors (Lipinski definition) is 2. The van der Waals surface area contributed by atoms with Gasteiger partial charge in [-0.25, -0.2) is 5.43 Å². The van der Waals surface area contributed by atoms with Gasteiger partial charge in [0, 0.05) is 39.3 Å². The number of carbonyl (C=O) groups excluding carboxylic acids is 1. The van der Waals surface area contributed by atoms with Gasteiger partial charge in [-0.1, -0.05) is 89.9 Å². The summed E-state index contributed by atoms with van der Waals surface area (Å²) in [6.45, 7) is 0.595. The van der Waals surface area contributed by atoms with Crippen LogP contribution in [0.15, 0.2) is 96.2 Å². The number of nitrogens with one attached hydrogen (secondary N) is 1. The average molecular weight is 486 g/mol. The van der Waals surface area contributed by atoms with E-state index in [9.17, 15) is 4.79 Å². The molecule has 34 heavy (non-hydrogen) atoms. The molecule has 0 unspecified atom stereocenters. The predicted octanol–water partition coefficient (Wildman–Crippen LogP) is 6.84. The Hall–Kier alpha value is -3.60. The molecule has 1 heterocycles. The summed E-state index contributed by atoms with van der Waals surface area (Å²) in [5.74, 6) is -0.163. The Kier molecular flexibility index (Phi) is 6.35. The lowest BCUT2D eigenvalue weighted by Crippen LogP contribution is -2.19. The molecular weight excluding hydrogens is 465 g/mol. The molecule has 0 radical (unpaired) electrons. The zero-order chi connectivity index (χ0) is 23.5. The first-order chi connectivity index (χ1) is 16.6. The highest BCUT2D eigenvalue weighted by molar-refractivity contribution is 6.35. The van der Waals surface area contributed by atoms with Crippen LogP contribution in [0.4, 0.5) is 0 Å². The van der Waals surface area contributed by atoms with Gasteiger partial charge in [-0.3, -0.25) is 4.79 Å². The van der Waals surface area contributed by atoms with Crippen molar-refractivity contribution in [2.75, 3.05) is 0 Å². The minimum Gasteiger partial charge on any atom is -0.342 e. The molecule has 6 heteroatoms. The predicted molar refractivity (Wildman–Crippen MR) is 141 cm³/mol. The van der Waals surface area contributed by atoms with E-state index in [1.54, 1.807) is 12.3 Å². The van der Waals surface area contributed by atoms with Gasteiger partial charge in [-0.15, -0.1) is 0 Å². The number of nitrogens with zero attached hydrogens (tertiary/aromatic N) is 2. The molecule has 5 aromatic rings. The smallest absolute Gasteiger partial charge is 0.244 e. The molecule has 168 valence electrons. The molecule has 0 aliphatic rings. The van der Waals surface area contributed by atoms with E-state index in [4.69, 9.17) is 23.2 Å². The van der Waals surface area contributed by atoms with Gasteiger partial charge in [0.05, 0.1) is 12.6 Å². The van der Waals surface area contributed by atoms with Crippen LogP contribution in [0, 0.1) is 0 Å². The lowest BCUT2D eigenvalue weighted by molar-refractivity contribution is -0.120. The van der Waals surface area contributed by atoms with Crippen LogP contribution in [0.5, 0.6) is 0 Å². The third-order valence-electron chi connectivity index (χ3n) is 5.80. The number of fused-ring (bicyclic) bond motifs is 2. The first kappa shape index (κ1) is 22.2. The van der Waals surface area contributed by atoms with Crippen LogP contribution in [0.2, 0.25) is 10.0 Å². The van der Waals surface area contributed by atoms with Gasteiger partial charge in [0.25, 0.3) is 0 Å². The summed E-state index contributed by atoms with van der Waals surface area (Å²) in [6, 6.07) is 27.6. The van der Waals surface area contributed by atoms with Crippen LogP contribution in [-0.4, -0.2) is 16.7 Å². The molecule has 0 saturated carbocycles. The van der Waals surface area contributed by atoms with E-state index in [2.05, 4.69) is 21.2 Å². The van der Waals surface area contributed by atoms with E-state index in [1.165, 1.54) is 0 Å². The summed E-state index contributed by atoms with van der Waals surface area (Å²) in [6.07, 6.45) is 3.95. The number of hydrogen-bond donors (Lipinski definition) is 1. The Bertz CT molecular complexity index is 1530. The summed E-state index contributed by atoms with van der Waals surface area (Å²) in [5, 5.41) is 8.71. The van der Waals surface area contributed by atoms with Crippen molar-refractivity contribution in [2.45, 2.75) is 13.0 Å². The number of rotatable bonds is 6. The minimum atomic E-state index is -0.163. The van der Waals surface area contributed by atoms with Crippen molar-refractivity contribution in [1.82, 2.24) is 9.99 Å². The Labute approximate surface area is 207 Å². The van der Waals surface area contributed by atoms with Crippen molar-refractivity contribution in [3.63, 3.8) is 0 Å². The number of hydrazone groups is 1. The van der Waals surface area contributed by atoms with Gasteiger partial charge in [0.15, 0.2) is 0 Å². The average Bonchev–Trinajstić information content (AvgIpc) is 3.18. The largest absolute Gasteiger partial charge is 0.342 e. The van der Waals surface area contributed by atoms with Crippen LogP contribution >= 0.6 is 23.2 Å². The van der Waals surface area contributed by atoms with Crippen LogP contribution < -0.4 is 5.43 Å². The maximum absolute atomic E-state index is 12.6. The standard InChI is InChI=1S/C28H21Cl2N3O/c29-23-13-12-21(26(30)15-23)17-33-18-22(25-10-3-4-11-27(25)33)16-31-32-28(34)14-20-8-5-7-19-6-1-2-9-24(19)20/h1-13,15-16,18H,14,17H2,(H,32,34). The molecule has 0 atom stereocenters. The molecule has 0 aliphatic carbocycles. The second kappa shape index (κ2) is 9.72. The topological polar surface area (TPSA) is 46.4 Å². The van der Waals surface area contributed by atoms with E-state index >= 15 is 0 Å². The molecular formula is C28H21Cl2N3O. The first-order valence-corrected chi connectivity index (χ1v) is 11.6. The van der Waals surface area contributed by atoms with Crippen molar-refractivity contribution in [2.24, 2.45) is 5.10 Å². The van der Waals surface area contributed by atoms with Gasteiger partial charge in [0.2, 0.25) is 5.91 Å². The summed E-state index contributed by atoms with van der Waals surface area (Å²) < 4.78 is 2.11. The van der Waals surface area contributed by atoms with Crippen molar-refractivity contribution in [1.29, 1.82) is 0 Å². The van der Waals surface area contributed by atoms with Crippen LogP contribution in [0.3, 0.4) is 0 Å². The number of benzene rings is 4. The number of carbonyl (C=O) groups is 1. The van der Waals surface area contributed by atoms with Crippen LogP contribution in [0.1, 0.15) is 16.7 Å².